The Morgan fingerprint density at radius 2 is 1.80 bits per heavy atom. The normalized spacial score (nSPS) is 11.8. The van der Waals surface area contributed by atoms with Gasteiger partial charge < -0.3 is 0 Å². The largest absolute Gasteiger partial charge is 0.293 e. The van der Waals surface area contributed by atoms with Gasteiger partial charge >= 0.3 is 0 Å². The third-order valence-electron chi connectivity index (χ3n) is 2.82. The fourth-order valence-electron chi connectivity index (χ4n) is 1.83. The standard InChI is InChI=1S/C17H15FOS/c1-2-6-16(17(19)13-7-4-3-5-8-13)20-15-11-9-14(18)10-12-15/h2-5,7-12,16H,1,6H2. The molecule has 0 aliphatic heterocycles. The Kier molecular flexibility index (Phi) is 5.13. The van der Waals surface area contributed by atoms with Crippen molar-refractivity contribution in [3.05, 3.63) is 78.6 Å². The summed E-state index contributed by atoms with van der Waals surface area (Å²) >= 11 is 1.44. The number of carbonyl (C=O) groups is 1. The van der Waals surface area contributed by atoms with E-state index in [0.29, 0.717) is 12.0 Å². The van der Waals surface area contributed by atoms with Crippen molar-refractivity contribution in [2.45, 2.75) is 16.6 Å². The number of hydrogen-bond acceptors (Lipinski definition) is 2. The van der Waals surface area contributed by atoms with Crippen LogP contribution in [0, 0.1) is 5.82 Å². The quantitative estimate of drug-likeness (QED) is 0.433. The molecule has 3 heteroatoms. The van der Waals surface area contributed by atoms with Gasteiger partial charge in [-0.15, -0.1) is 18.3 Å². The van der Waals surface area contributed by atoms with Crippen LogP contribution in [0.3, 0.4) is 0 Å². The number of rotatable bonds is 6. The van der Waals surface area contributed by atoms with Gasteiger partial charge in [-0.2, -0.15) is 0 Å². The summed E-state index contributed by atoms with van der Waals surface area (Å²) in [6, 6.07) is 15.4. The predicted molar refractivity (Wildman–Crippen MR) is 81.6 cm³/mol. The highest BCUT2D eigenvalue weighted by molar-refractivity contribution is 8.00. The monoisotopic (exact) mass is 286 g/mol. The van der Waals surface area contributed by atoms with Gasteiger partial charge in [-0.1, -0.05) is 36.4 Å². The van der Waals surface area contributed by atoms with E-state index in [1.165, 1.54) is 23.9 Å². The molecule has 0 aliphatic carbocycles. The maximum atomic E-state index is 12.9. The summed E-state index contributed by atoms with van der Waals surface area (Å²) in [5.74, 6) is -0.205. The van der Waals surface area contributed by atoms with Gasteiger partial charge in [0.25, 0.3) is 0 Å². The van der Waals surface area contributed by atoms with Gasteiger partial charge in [-0.25, -0.2) is 4.39 Å². The molecule has 0 heterocycles. The van der Waals surface area contributed by atoms with Crippen LogP contribution in [0.1, 0.15) is 16.8 Å². The molecule has 0 bridgehead atoms. The Balaban J connectivity index is 2.16. The Hall–Kier alpha value is -1.87. The van der Waals surface area contributed by atoms with Crippen molar-refractivity contribution < 1.29 is 9.18 Å². The molecule has 0 aliphatic rings. The minimum atomic E-state index is -0.274. The van der Waals surface area contributed by atoms with E-state index in [-0.39, 0.29) is 16.9 Å². The molecule has 2 aromatic rings. The van der Waals surface area contributed by atoms with E-state index in [0.717, 1.165) is 4.90 Å². The van der Waals surface area contributed by atoms with E-state index in [1.54, 1.807) is 18.2 Å². The Morgan fingerprint density at radius 1 is 1.15 bits per heavy atom. The van der Waals surface area contributed by atoms with Crippen molar-refractivity contribution in [2.24, 2.45) is 0 Å². The number of hydrogen-bond donors (Lipinski definition) is 0. The van der Waals surface area contributed by atoms with Crippen LogP contribution in [-0.2, 0) is 0 Å². The molecule has 0 saturated heterocycles. The maximum absolute atomic E-state index is 12.9. The van der Waals surface area contributed by atoms with Crippen LogP contribution in [0.25, 0.3) is 0 Å². The van der Waals surface area contributed by atoms with Crippen molar-refractivity contribution in [3.8, 4) is 0 Å². The molecule has 0 spiro atoms. The van der Waals surface area contributed by atoms with Crippen molar-refractivity contribution >= 4 is 17.5 Å². The Labute approximate surface area is 122 Å². The average Bonchev–Trinajstić information content (AvgIpc) is 2.49. The third-order valence-corrected chi connectivity index (χ3v) is 4.06. The highest BCUT2D eigenvalue weighted by Gasteiger charge is 2.19. The van der Waals surface area contributed by atoms with Crippen LogP contribution in [0.5, 0.6) is 0 Å². The summed E-state index contributed by atoms with van der Waals surface area (Å²) in [5, 5.41) is -0.236. The molecule has 0 N–H and O–H groups in total. The molecular formula is C17H15FOS. The molecule has 1 atom stereocenters. The zero-order valence-electron chi connectivity index (χ0n) is 11.0. The van der Waals surface area contributed by atoms with Crippen LogP contribution in [0.2, 0.25) is 0 Å². The number of allylic oxidation sites excluding steroid dienone is 1. The van der Waals surface area contributed by atoms with Gasteiger partial charge in [0.15, 0.2) is 5.78 Å². The van der Waals surface area contributed by atoms with Crippen LogP contribution < -0.4 is 0 Å². The van der Waals surface area contributed by atoms with Gasteiger partial charge in [0.1, 0.15) is 5.82 Å². The van der Waals surface area contributed by atoms with E-state index in [1.807, 2.05) is 30.3 Å². The molecule has 102 valence electrons. The smallest absolute Gasteiger partial charge is 0.176 e. The number of benzene rings is 2. The zero-order valence-corrected chi connectivity index (χ0v) is 11.8. The second kappa shape index (κ2) is 7.06. The highest BCUT2D eigenvalue weighted by atomic mass is 32.2. The summed E-state index contributed by atoms with van der Waals surface area (Å²) in [7, 11) is 0. The molecule has 20 heavy (non-hydrogen) atoms. The van der Waals surface area contributed by atoms with Gasteiger partial charge in [0.05, 0.1) is 5.25 Å². The van der Waals surface area contributed by atoms with E-state index in [9.17, 15) is 9.18 Å². The van der Waals surface area contributed by atoms with Crippen molar-refractivity contribution in [2.75, 3.05) is 0 Å². The molecule has 0 amide bonds. The lowest BCUT2D eigenvalue weighted by molar-refractivity contribution is 0.0990. The summed E-state index contributed by atoms with van der Waals surface area (Å²) in [6.07, 6.45) is 2.32. The molecule has 0 saturated carbocycles. The number of Topliss-reactive ketones (excluding diaryl/α,β-unsaturated/α-hetero) is 1. The summed E-state index contributed by atoms with van der Waals surface area (Å²) in [4.78, 5) is 13.3. The molecule has 0 fully saturated rings. The third kappa shape index (κ3) is 3.81. The second-order valence-electron chi connectivity index (χ2n) is 4.32. The number of ketones is 1. The van der Waals surface area contributed by atoms with E-state index in [4.69, 9.17) is 0 Å². The first kappa shape index (κ1) is 14.5. The van der Waals surface area contributed by atoms with Crippen molar-refractivity contribution in [1.29, 1.82) is 0 Å². The van der Waals surface area contributed by atoms with E-state index in [2.05, 4.69) is 6.58 Å². The Bertz CT molecular complexity index is 578. The molecule has 2 aromatic carbocycles. The van der Waals surface area contributed by atoms with Crippen LogP contribution in [0.4, 0.5) is 4.39 Å². The van der Waals surface area contributed by atoms with Crippen molar-refractivity contribution in [1.82, 2.24) is 0 Å². The van der Waals surface area contributed by atoms with E-state index >= 15 is 0 Å². The lowest BCUT2D eigenvalue weighted by Gasteiger charge is -2.13. The SMILES string of the molecule is C=CCC(Sc1ccc(F)cc1)C(=O)c1ccccc1. The molecule has 0 aromatic heterocycles. The number of thioether (sulfide) groups is 1. The van der Waals surface area contributed by atoms with Crippen LogP contribution >= 0.6 is 11.8 Å². The Morgan fingerprint density at radius 3 is 2.40 bits per heavy atom. The number of halogens is 1. The molecular weight excluding hydrogens is 271 g/mol. The average molecular weight is 286 g/mol. The fourth-order valence-corrected chi connectivity index (χ4v) is 2.92. The molecule has 1 unspecified atom stereocenters. The van der Waals surface area contributed by atoms with Crippen LogP contribution in [-0.4, -0.2) is 11.0 Å². The minimum Gasteiger partial charge on any atom is -0.293 e. The first-order valence-corrected chi connectivity index (χ1v) is 7.21. The van der Waals surface area contributed by atoms with Gasteiger partial charge in [0, 0.05) is 10.5 Å². The number of carbonyl (C=O) groups excluding carboxylic acids is 1. The minimum absolute atomic E-state index is 0.0693. The molecule has 0 radical (unpaired) electrons. The van der Waals surface area contributed by atoms with Gasteiger partial charge in [0.2, 0.25) is 0 Å². The highest BCUT2D eigenvalue weighted by Crippen LogP contribution is 2.28. The molecule has 2 rings (SSSR count). The lowest BCUT2D eigenvalue weighted by Crippen LogP contribution is -2.16. The zero-order chi connectivity index (χ0) is 14.4. The van der Waals surface area contributed by atoms with Crippen molar-refractivity contribution in [3.63, 3.8) is 0 Å². The first-order chi connectivity index (χ1) is 9.70. The van der Waals surface area contributed by atoms with Gasteiger partial charge in [-0.3, -0.25) is 4.79 Å². The topological polar surface area (TPSA) is 17.1 Å². The van der Waals surface area contributed by atoms with Crippen LogP contribution in [0.15, 0.2) is 72.1 Å². The predicted octanol–water partition coefficient (Wildman–Crippen LogP) is 4.75. The van der Waals surface area contributed by atoms with Gasteiger partial charge in [-0.05, 0) is 30.7 Å². The summed E-state index contributed by atoms with van der Waals surface area (Å²) in [5.41, 5.74) is 0.689. The second-order valence-corrected chi connectivity index (χ2v) is 5.59. The summed E-state index contributed by atoms with van der Waals surface area (Å²) in [6.45, 7) is 3.71. The maximum Gasteiger partial charge on any atom is 0.176 e. The summed E-state index contributed by atoms with van der Waals surface area (Å²) < 4.78 is 12.9. The lowest BCUT2D eigenvalue weighted by atomic mass is 10.1. The fraction of sp³-hybridized carbons (Fsp3) is 0.118. The first-order valence-electron chi connectivity index (χ1n) is 6.33. The van der Waals surface area contributed by atoms with E-state index < -0.39 is 0 Å². The molecule has 1 nitrogen and oxygen atoms in total.